The van der Waals surface area contributed by atoms with Crippen LogP contribution in [0, 0.1) is 104 Å². The second kappa shape index (κ2) is 21.5. The summed E-state index contributed by atoms with van der Waals surface area (Å²) >= 11 is 0. The first-order chi connectivity index (χ1) is 30.7. The van der Waals surface area contributed by atoms with Gasteiger partial charge in [-0.05, 0) is 49.9 Å². The zero-order valence-electron chi connectivity index (χ0n) is 41.8. The Kier molecular flexibility index (Phi) is 18.4. The van der Waals surface area contributed by atoms with Gasteiger partial charge in [0.15, 0.2) is 69.8 Å². The third-order valence-corrected chi connectivity index (χ3v) is 33.4. The molecule has 0 heterocycles. The molecule has 0 N–H and O–H groups in total. The second-order valence-corrected chi connectivity index (χ2v) is 37.2. The van der Waals surface area contributed by atoms with Crippen LogP contribution in [0.4, 0.5) is 52.7 Å². The lowest BCUT2D eigenvalue weighted by Crippen LogP contribution is -2.60. The molecule has 0 saturated carbocycles. The molecule has 0 amide bonds. The molecule has 67 heavy (non-hydrogen) atoms. The molecule has 3 aromatic rings. The van der Waals surface area contributed by atoms with Crippen LogP contribution in [0.3, 0.4) is 0 Å². The van der Waals surface area contributed by atoms with Gasteiger partial charge < -0.3 is 0 Å². The van der Waals surface area contributed by atoms with E-state index in [1.165, 1.54) is 0 Å². The maximum absolute atomic E-state index is 16.7. The largest absolute Gasteiger partial charge is 0.265 e. The molecule has 0 fully saturated rings. The van der Waals surface area contributed by atoms with Crippen LogP contribution in [0.25, 0.3) is 0 Å². The zero-order chi connectivity index (χ0) is 51.9. The van der Waals surface area contributed by atoms with Gasteiger partial charge in [-0.25, -0.2) is 52.7 Å². The van der Waals surface area contributed by atoms with Crippen LogP contribution >= 0.6 is 0 Å². The average Bonchev–Trinajstić information content (AvgIpc) is 3.21. The highest BCUT2D eigenvalue weighted by atomic mass is 28.3. The number of halogens is 12. The van der Waals surface area contributed by atoms with Crippen molar-refractivity contribution in [2.45, 2.75) is 174 Å². The van der Waals surface area contributed by atoms with Crippen LogP contribution < -0.4 is 16.4 Å². The number of hydrogen-bond donors (Lipinski definition) is 0. The Balaban J connectivity index is 2.74. The van der Waals surface area contributed by atoms with E-state index >= 15 is 52.7 Å². The fraction of sp³-hybridized carbons (Fsp3) is 0.529. The summed E-state index contributed by atoms with van der Waals surface area (Å²) in [5.41, 5.74) is -4.08. The Bertz CT molecular complexity index is 2130. The molecule has 0 bridgehead atoms. The Morgan fingerprint density at radius 2 is 0.388 bits per heavy atom. The Hall–Kier alpha value is -3.78. The van der Waals surface area contributed by atoms with Crippen molar-refractivity contribution in [2.75, 3.05) is 0 Å². The third kappa shape index (κ3) is 9.74. The first kappa shape index (κ1) is 57.5. The Morgan fingerprint density at radius 3 is 0.507 bits per heavy atom. The molecule has 16 heteroatoms. The summed E-state index contributed by atoms with van der Waals surface area (Å²) < 4.78 is 199. The molecule has 0 aliphatic carbocycles. The predicted molar refractivity (Wildman–Crippen MR) is 257 cm³/mol. The minimum atomic E-state index is -3.66. The Morgan fingerprint density at radius 1 is 0.254 bits per heavy atom. The molecule has 0 saturated heterocycles. The summed E-state index contributed by atoms with van der Waals surface area (Å²) in [7, 11) is -8.69. The third-order valence-electron chi connectivity index (χ3n) is 14.6. The number of rotatable bonds is 12. The number of hydrogen-bond acceptors (Lipinski definition) is 0. The van der Waals surface area contributed by atoms with E-state index in [0.29, 0.717) is 0 Å². The van der Waals surface area contributed by atoms with Gasteiger partial charge in [0, 0.05) is 16.4 Å². The van der Waals surface area contributed by atoms with Gasteiger partial charge >= 0.3 is 0 Å². The molecule has 0 aromatic heterocycles. The average molecular weight is 999 g/mol. The SMILES string of the molecule is CC(C)[Si](C#Cc1c(F)c(F)c(B(c2c(F)c(F)c(C#C[Si](C(C)C)(C(C)C)C(C)C)c(F)c2F)c2c(F)c(F)c(C#C[Si](C(C)C)(C(C)C)C(C)C)c(F)c2F)c(F)c1F)(C(C)C)C(C)C. The van der Waals surface area contributed by atoms with Gasteiger partial charge in [0.2, 0.25) is 0 Å². The molecule has 0 spiro atoms. The summed E-state index contributed by atoms with van der Waals surface area (Å²) in [5.74, 6) is -22.6. The molecule has 366 valence electrons. The zero-order valence-corrected chi connectivity index (χ0v) is 44.8. The van der Waals surface area contributed by atoms with Crippen molar-refractivity contribution in [1.29, 1.82) is 0 Å². The fourth-order valence-corrected chi connectivity index (χ4v) is 26.9. The van der Waals surface area contributed by atoms with Crippen molar-refractivity contribution in [2.24, 2.45) is 0 Å². The maximum Gasteiger partial charge on any atom is 0.265 e. The summed E-state index contributed by atoms with van der Waals surface area (Å²) in [6, 6.07) is 0. The van der Waals surface area contributed by atoms with Crippen LogP contribution in [0.1, 0.15) is 141 Å². The molecule has 0 aliphatic heterocycles. The summed E-state index contributed by atoms with van der Waals surface area (Å²) in [5, 5.41) is 0. The van der Waals surface area contributed by atoms with Crippen molar-refractivity contribution < 1.29 is 52.7 Å². The van der Waals surface area contributed by atoms with Crippen LogP contribution in [-0.4, -0.2) is 30.9 Å². The maximum atomic E-state index is 16.7. The van der Waals surface area contributed by atoms with E-state index in [2.05, 4.69) is 34.4 Å². The molecule has 0 atom stereocenters. The summed E-state index contributed by atoms with van der Waals surface area (Å²) in [4.78, 5) is 0. The highest BCUT2D eigenvalue weighted by Gasteiger charge is 2.47. The van der Waals surface area contributed by atoms with Gasteiger partial charge in [-0.3, -0.25) is 0 Å². The van der Waals surface area contributed by atoms with Gasteiger partial charge in [-0.15, -0.1) is 16.6 Å². The van der Waals surface area contributed by atoms with E-state index in [0.717, 1.165) is 0 Å². The van der Waals surface area contributed by atoms with E-state index in [1.807, 2.05) is 125 Å². The van der Waals surface area contributed by atoms with Crippen molar-refractivity contribution >= 4 is 47.3 Å². The van der Waals surface area contributed by atoms with Crippen LogP contribution in [0.2, 0.25) is 49.9 Å². The minimum Gasteiger partial charge on any atom is -0.204 e. The fourth-order valence-electron chi connectivity index (χ4n) is 11.3. The van der Waals surface area contributed by atoms with Gasteiger partial charge in [0.1, 0.15) is 40.9 Å². The van der Waals surface area contributed by atoms with Crippen molar-refractivity contribution in [3.05, 3.63) is 86.5 Å². The van der Waals surface area contributed by atoms with E-state index in [-0.39, 0.29) is 49.9 Å². The van der Waals surface area contributed by atoms with Gasteiger partial charge in [0.05, 0.1) is 0 Å². The summed E-state index contributed by atoms with van der Waals surface area (Å²) in [6.07, 6.45) is 0. The smallest absolute Gasteiger partial charge is 0.204 e. The lowest BCUT2D eigenvalue weighted by Gasteiger charge is -2.38. The highest BCUT2D eigenvalue weighted by molar-refractivity contribution is 6.96. The second-order valence-electron chi connectivity index (χ2n) is 20.5. The summed E-state index contributed by atoms with van der Waals surface area (Å²) in [6.45, 7) is 29.2. The topological polar surface area (TPSA) is 0 Å². The predicted octanol–water partition coefficient (Wildman–Crippen LogP) is 14.6. The van der Waals surface area contributed by atoms with Crippen LogP contribution in [0.5, 0.6) is 0 Å². The molecule has 0 nitrogen and oxygen atoms in total. The van der Waals surface area contributed by atoms with Crippen molar-refractivity contribution in [3.63, 3.8) is 0 Å². The monoisotopic (exact) mass is 998 g/mol. The molecule has 0 unspecified atom stereocenters. The molecular weight excluding hydrogens is 936 g/mol. The number of benzene rings is 3. The minimum absolute atomic E-state index is 0.156. The van der Waals surface area contributed by atoms with Gasteiger partial charge in [-0.1, -0.05) is 142 Å². The first-order valence-electron chi connectivity index (χ1n) is 22.9. The lowest BCUT2D eigenvalue weighted by atomic mass is 9.35. The standard InChI is InChI=1S/C51H63BF12Si3/c1-25(2)65(26(3)4,27(5)6)22-19-34-40(53)46(59)37(47(60)41(34)54)52(38-48(61)42(55)35(43(56)49(38)62)20-23-66(28(7)8,29(9)10)30(11)12)39-50(63)44(57)36(45(58)51(39)64)21-24-67(31(13)14,32(15)16)33(17)18/h25-33H,1-18H3. The van der Waals surface area contributed by atoms with E-state index in [9.17, 15) is 0 Å². The Labute approximate surface area is 394 Å². The lowest BCUT2D eigenvalue weighted by molar-refractivity contribution is 0.453. The quantitative estimate of drug-likeness (QED) is 0.0734. The van der Waals surface area contributed by atoms with E-state index < -0.39 is 134 Å². The van der Waals surface area contributed by atoms with Crippen molar-refractivity contribution in [1.82, 2.24) is 0 Å². The molecule has 3 aromatic carbocycles. The van der Waals surface area contributed by atoms with E-state index in [1.54, 1.807) is 0 Å². The van der Waals surface area contributed by atoms with Gasteiger partial charge in [-0.2, -0.15) is 0 Å². The molecular formula is C51H63BF12Si3. The van der Waals surface area contributed by atoms with Crippen LogP contribution in [-0.2, 0) is 0 Å². The normalized spacial score (nSPS) is 12.6. The molecule has 0 radical (unpaired) electrons. The molecule has 0 aliphatic rings. The highest BCUT2D eigenvalue weighted by Crippen LogP contribution is 2.43. The van der Waals surface area contributed by atoms with Crippen LogP contribution in [0.15, 0.2) is 0 Å². The van der Waals surface area contributed by atoms with Gasteiger partial charge in [0.25, 0.3) is 6.71 Å². The first-order valence-corrected chi connectivity index (χ1v) is 29.6. The molecule has 3 rings (SSSR count). The van der Waals surface area contributed by atoms with Crippen molar-refractivity contribution in [3.8, 4) is 34.4 Å². The van der Waals surface area contributed by atoms with E-state index in [4.69, 9.17) is 0 Å².